The second-order valence-corrected chi connectivity index (χ2v) is 6.06. The predicted octanol–water partition coefficient (Wildman–Crippen LogP) is 0.737. The van der Waals surface area contributed by atoms with E-state index in [1.807, 2.05) is 0 Å². The number of sulfonamides is 1. The Morgan fingerprint density at radius 1 is 1.25 bits per heavy atom. The highest BCUT2D eigenvalue weighted by Crippen LogP contribution is 2.44. The molecule has 0 atom stereocenters. The molecule has 1 aliphatic rings. The van der Waals surface area contributed by atoms with Crippen LogP contribution in [-0.2, 0) is 10.0 Å². The van der Waals surface area contributed by atoms with E-state index in [1.165, 1.54) is 0 Å². The van der Waals surface area contributed by atoms with Crippen LogP contribution in [0.15, 0.2) is 35.2 Å². The van der Waals surface area contributed by atoms with Gasteiger partial charge in [-0.3, -0.25) is 0 Å². The molecule has 0 radical (unpaired) electrons. The summed E-state index contributed by atoms with van der Waals surface area (Å²) < 4.78 is 26.2. The maximum Gasteiger partial charge on any atom is 0.240 e. The summed E-state index contributed by atoms with van der Waals surface area (Å²) in [5, 5.41) is 9.09. The van der Waals surface area contributed by atoms with Crippen LogP contribution in [0.25, 0.3) is 0 Å². The first kappa shape index (κ1) is 11.6. The molecule has 4 nitrogen and oxygen atoms in total. The number of hydrogen-bond donors (Lipinski definition) is 2. The first-order valence-corrected chi connectivity index (χ1v) is 6.72. The summed E-state index contributed by atoms with van der Waals surface area (Å²) in [6.45, 7) is 0.366. The average Bonchev–Trinajstić information content (AvgIpc) is 3.09. The van der Waals surface area contributed by atoms with Crippen LogP contribution in [0.3, 0.4) is 0 Å². The minimum atomic E-state index is -3.42. The van der Waals surface area contributed by atoms with Gasteiger partial charge in [-0.2, -0.15) is 0 Å². The lowest BCUT2D eigenvalue weighted by Crippen LogP contribution is -2.31. The molecule has 0 amide bonds. The van der Waals surface area contributed by atoms with Crippen LogP contribution in [0.2, 0.25) is 0 Å². The third-order valence-electron chi connectivity index (χ3n) is 2.98. The summed E-state index contributed by atoms with van der Waals surface area (Å²) in [5.74, 6) is 0. The Hall–Kier alpha value is -0.910. The third-order valence-corrected chi connectivity index (χ3v) is 4.40. The fourth-order valence-electron chi connectivity index (χ4n) is 1.50. The third kappa shape index (κ3) is 2.42. The molecule has 0 spiro atoms. The Balaban J connectivity index is 2.04. The highest BCUT2D eigenvalue weighted by molar-refractivity contribution is 7.89. The molecule has 16 heavy (non-hydrogen) atoms. The number of aliphatic hydroxyl groups excluding tert-OH is 1. The van der Waals surface area contributed by atoms with Crippen LogP contribution < -0.4 is 4.72 Å². The zero-order valence-electron chi connectivity index (χ0n) is 8.89. The molecule has 0 aliphatic heterocycles. The van der Waals surface area contributed by atoms with Gasteiger partial charge in [0, 0.05) is 18.6 Å². The van der Waals surface area contributed by atoms with Crippen molar-refractivity contribution in [2.75, 3.05) is 13.2 Å². The standard InChI is InChI=1S/C11H15NO3S/c13-9-11(6-7-11)8-12-16(14,15)10-4-2-1-3-5-10/h1-5,12-13H,6-9H2. The second-order valence-electron chi connectivity index (χ2n) is 4.30. The minimum Gasteiger partial charge on any atom is -0.396 e. The van der Waals surface area contributed by atoms with Crippen molar-refractivity contribution in [3.8, 4) is 0 Å². The summed E-state index contributed by atoms with van der Waals surface area (Å²) in [7, 11) is -3.42. The lowest BCUT2D eigenvalue weighted by atomic mass is 10.1. The summed E-state index contributed by atoms with van der Waals surface area (Å²) in [5.41, 5.74) is -0.206. The molecule has 2 rings (SSSR count). The van der Waals surface area contributed by atoms with Gasteiger partial charge >= 0.3 is 0 Å². The molecule has 88 valence electrons. The fourth-order valence-corrected chi connectivity index (χ4v) is 2.68. The Morgan fingerprint density at radius 2 is 1.88 bits per heavy atom. The van der Waals surface area contributed by atoms with Crippen molar-refractivity contribution < 1.29 is 13.5 Å². The first-order chi connectivity index (χ1) is 7.58. The smallest absolute Gasteiger partial charge is 0.240 e. The SMILES string of the molecule is O=S(=O)(NCC1(CO)CC1)c1ccccc1. The van der Waals surface area contributed by atoms with Crippen molar-refractivity contribution in [2.45, 2.75) is 17.7 Å². The lowest BCUT2D eigenvalue weighted by Gasteiger charge is -2.12. The molecule has 0 bridgehead atoms. The second kappa shape index (κ2) is 4.16. The van der Waals surface area contributed by atoms with Crippen molar-refractivity contribution in [2.24, 2.45) is 5.41 Å². The van der Waals surface area contributed by atoms with Gasteiger partial charge in [0.15, 0.2) is 0 Å². The number of aliphatic hydroxyl groups is 1. The number of hydrogen-bond acceptors (Lipinski definition) is 3. The van der Waals surface area contributed by atoms with E-state index in [1.54, 1.807) is 30.3 Å². The van der Waals surface area contributed by atoms with E-state index in [4.69, 9.17) is 5.11 Å². The maximum absolute atomic E-state index is 11.8. The van der Waals surface area contributed by atoms with E-state index in [0.29, 0.717) is 6.54 Å². The Bertz CT molecular complexity index is 451. The van der Waals surface area contributed by atoms with Gasteiger partial charge < -0.3 is 5.11 Å². The number of benzene rings is 1. The van der Waals surface area contributed by atoms with E-state index in [0.717, 1.165) is 12.8 Å². The van der Waals surface area contributed by atoms with Crippen molar-refractivity contribution >= 4 is 10.0 Å². The van der Waals surface area contributed by atoms with Gasteiger partial charge in [0.25, 0.3) is 0 Å². The van der Waals surface area contributed by atoms with Crippen molar-refractivity contribution in [1.29, 1.82) is 0 Å². The van der Waals surface area contributed by atoms with Crippen LogP contribution in [0.1, 0.15) is 12.8 Å². The summed E-state index contributed by atoms with van der Waals surface area (Å²) in [6.07, 6.45) is 1.78. The zero-order chi connectivity index (χ0) is 11.6. The number of rotatable bonds is 5. The molecule has 2 N–H and O–H groups in total. The molecule has 1 aliphatic carbocycles. The molecule has 5 heteroatoms. The highest BCUT2D eigenvalue weighted by atomic mass is 32.2. The summed E-state index contributed by atoms with van der Waals surface area (Å²) >= 11 is 0. The molecular formula is C11H15NO3S. The van der Waals surface area contributed by atoms with Gasteiger partial charge in [0.05, 0.1) is 4.90 Å². The Kier molecular flexibility index (Phi) is 3.01. The van der Waals surface area contributed by atoms with Gasteiger partial charge in [0.2, 0.25) is 10.0 Å². The molecule has 0 aromatic heterocycles. The first-order valence-electron chi connectivity index (χ1n) is 5.24. The Labute approximate surface area is 95.4 Å². The van der Waals surface area contributed by atoms with Crippen LogP contribution in [0, 0.1) is 5.41 Å². The lowest BCUT2D eigenvalue weighted by molar-refractivity contribution is 0.213. The summed E-state index contributed by atoms with van der Waals surface area (Å²) in [6, 6.07) is 8.26. The van der Waals surface area contributed by atoms with Gasteiger partial charge in [-0.05, 0) is 25.0 Å². The van der Waals surface area contributed by atoms with Crippen LogP contribution in [0.5, 0.6) is 0 Å². The van der Waals surface area contributed by atoms with Crippen LogP contribution in [0.4, 0.5) is 0 Å². The van der Waals surface area contributed by atoms with Crippen molar-refractivity contribution in [1.82, 2.24) is 4.72 Å². The molecule has 0 saturated heterocycles. The van der Waals surface area contributed by atoms with Gasteiger partial charge in [-0.1, -0.05) is 18.2 Å². The molecule has 0 heterocycles. The topological polar surface area (TPSA) is 66.4 Å². The molecular weight excluding hydrogens is 226 g/mol. The zero-order valence-corrected chi connectivity index (χ0v) is 9.70. The average molecular weight is 241 g/mol. The van der Waals surface area contributed by atoms with Gasteiger partial charge in [0.1, 0.15) is 0 Å². The fraction of sp³-hybridized carbons (Fsp3) is 0.455. The molecule has 1 saturated carbocycles. The monoisotopic (exact) mass is 241 g/mol. The predicted molar refractivity (Wildman–Crippen MR) is 60.4 cm³/mol. The van der Waals surface area contributed by atoms with E-state index in [-0.39, 0.29) is 16.9 Å². The van der Waals surface area contributed by atoms with E-state index in [9.17, 15) is 8.42 Å². The molecule has 1 aromatic carbocycles. The van der Waals surface area contributed by atoms with E-state index >= 15 is 0 Å². The van der Waals surface area contributed by atoms with Crippen molar-refractivity contribution in [3.63, 3.8) is 0 Å². The molecule has 1 fully saturated rings. The van der Waals surface area contributed by atoms with E-state index in [2.05, 4.69) is 4.72 Å². The normalized spacial score (nSPS) is 18.3. The van der Waals surface area contributed by atoms with Crippen LogP contribution in [-0.4, -0.2) is 26.7 Å². The molecule has 0 unspecified atom stereocenters. The van der Waals surface area contributed by atoms with E-state index < -0.39 is 10.0 Å². The van der Waals surface area contributed by atoms with Crippen molar-refractivity contribution in [3.05, 3.63) is 30.3 Å². The van der Waals surface area contributed by atoms with Gasteiger partial charge in [-0.15, -0.1) is 0 Å². The highest BCUT2D eigenvalue weighted by Gasteiger charge is 2.42. The summed E-state index contributed by atoms with van der Waals surface area (Å²) in [4.78, 5) is 0.267. The number of nitrogens with one attached hydrogen (secondary N) is 1. The maximum atomic E-state index is 11.8. The quantitative estimate of drug-likeness (QED) is 0.799. The van der Waals surface area contributed by atoms with Crippen LogP contribution >= 0.6 is 0 Å². The minimum absolute atomic E-state index is 0.0459. The van der Waals surface area contributed by atoms with Gasteiger partial charge in [-0.25, -0.2) is 13.1 Å². The molecule has 1 aromatic rings. The largest absolute Gasteiger partial charge is 0.396 e. The Morgan fingerprint density at radius 3 is 2.38 bits per heavy atom.